The van der Waals surface area contributed by atoms with Crippen molar-refractivity contribution in [3.05, 3.63) is 35.4 Å². The molecule has 0 aromatic heterocycles. The summed E-state index contributed by atoms with van der Waals surface area (Å²) in [6, 6.07) is 3.01. The Bertz CT molecular complexity index is 636. The lowest BCUT2D eigenvalue weighted by atomic mass is 9.77. The standard InChI is InChI=1S/C23H32F4O2/c1-2-3-4-5-17-14-28-22(29-15-17)18-7-9-19(10-8-18)23(26,27)13-16-6-11-20(24)21(25)12-16/h6,11-12,17-19,22H,2-5,7-10,13-15H2,1H3/t17-,18?,19?,22-. The molecule has 1 aromatic carbocycles. The molecule has 0 spiro atoms. The Morgan fingerprint density at radius 2 is 1.66 bits per heavy atom. The molecule has 0 unspecified atom stereocenters. The molecule has 1 aliphatic heterocycles. The normalized spacial score (nSPS) is 28.4. The van der Waals surface area contributed by atoms with Crippen LogP contribution in [0, 0.1) is 29.4 Å². The van der Waals surface area contributed by atoms with E-state index in [4.69, 9.17) is 9.47 Å². The third-order valence-electron chi connectivity index (χ3n) is 6.39. The minimum Gasteiger partial charge on any atom is -0.352 e. The average Bonchev–Trinajstić information content (AvgIpc) is 2.71. The summed E-state index contributed by atoms with van der Waals surface area (Å²) in [6.07, 6.45) is 5.96. The van der Waals surface area contributed by atoms with Crippen LogP contribution in [-0.2, 0) is 15.9 Å². The van der Waals surface area contributed by atoms with Crippen LogP contribution in [0.4, 0.5) is 17.6 Å². The van der Waals surface area contributed by atoms with Crippen molar-refractivity contribution >= 4 is 0 Å². The van der Waals surface area contributed by atoms with E-state index < -0.39 is 29.9 Å². The molecular formula is C23H32F4O2. The van der Waals surface area contributed by atoms with Crippen LogP contribution >= 0.6 is 0 Å². The Morgan fingerprint density at radius 1 is 0.966 bits per heavy atom. The van der Waals surface area contributed by atoms with E-state index in [1.807, 2.05) is 0 Å². The zero-order valence-corrected chi connectivity index (χ0v) is 17.1. The highest BCUT2D eigenvalue weighted by atomic mass is 19.3. The van der Waals surface area contributed by atoms with Crippen molar-refractivity contribution in [2.24, 2.45) is 17.8 Å². The maximum absolute atomic E-state index is 14.7. The molecule has 29 heavy (non-hydrogen) atoms. The van der Waals surface area contributed by atoms with Gasteiger partial charge in [-0.25, -0.2) is 17.6 Å². The van der Waals surface area contributed by atoms with Crippen LogP contribution in [0.15, 0.2) is 18.2 Å². The number of unbranched alkanes of at least 4 members (excludes halogenated alkanes) is 2. The predicted octanol–water partition coefficient (Wildman–Crippen LogP) is 6.52. The van der Waals surface area contributed by atoms with Gasteiger partial charge in [-0.05, 0) is 49.8 Å². The minimum atomic E-state index is -2.94. The highest BCUT2D eigenvalue weighted by Gasteiger charge is 2.43. The quantitative estimate of drug-likeness (QED) is 0.355. The molecular weight excluding hydrogens is 384 g/mol. The predicted molar refractivity (Wildman–Crippen MR) is 104 cm³/mol. The van der Waals surface area contributed by atoms with Crippen molar-refractivity contribution < 1.29 is 27.0 Å². The van der Waals surface area contributed by atoms with Gasteiger partial charge < -0.3 is 9.47 Å². The van der Waals surface area contributed by atoms with Gasteiger partial charge in [0.2, 0.25) is 0 Å². The van der Waals surface area contributed by atoms with Gasteiger partial charge in [-0.2, -0.15) is 0 Å². The Kier molecular flexibility index (Phi) is 7.97. The number of rotatable bonds is 8. The lowest BCUT2D eigenvalue weighted by Gasteiger charge is -2.39. The fourth-order valence-electron chi connectivity index (χ4n) is 4.56. The van der Waals surface area contributed by atoms with Crippen molar-refractivity contribution in [1.82, 2.24) is 0 Å². The summed E-state index contributed by atoms with van der Waals surface area (Å²) in [5, 5.41) is 0. The molecule has 6 heteroatoms. The minimum absolute atomic E-state index is 0.129. The molecule has 2 nitrogen and oxygen atoms in total. The molecule has 0 amide bonds. The van der Waals surface area contributed by atoms with Gasteiger partial charge in [-0.3, -0.25) is 0 Å². The van der Waals surface area contributed by atoms with Crippen molar-refractivity contribution in [3.8, 4) is 0 Å². The Balaban J connectivity index is 1.44. The van der Waals surface area contributed by atoms with Crippen LogP contribution in [-0.4, -0.2) is 25.4 Å². The molecule has 1 aliphatic carbocycles. The highest BCUT2D eigenvalue weighted by molar-refractivity contribution is 5.19. The fraction of sp³-hybridized carbons (Fsp3) is 0.739. The first-order chi connectivity index (χ1) is 13.9. The molecule has 1 aromatic rings. The highest BCUT2D eigenvalue weighted by Crippen LogP contribution is 2.42. The molecule has 2 fully saturated rings. The van der Waals surface area contributed by atoms with E-state index in [0.29, 0.717) is 44.8 Å². The van der Waals surface area contributed by atoms with E-state index in [9.17, 15) is 17.6 Å². The van der Waals surface area contributed by atoms with Crippen molar-refractivity contribution in [2.75, 3.05) is 13.2 Å². The van der Waals surface area contributed by atoms with Crippen LogP contribution in [0.5, 0.6) is 0 Å². The third kappa shape index (κ3) is 6.17. The second-order valence-electron chi connectivity index (χ2n) is 8.69. The van der Waals surface area contributed by atoms with E-state index in [1.54, 1.807) is 0 Å². The van der Waals surface area contributed by atoms with Gasteiger partial charge in [0.15, 0.2) is 17.9 Å². The average molecular weight is 416 g/mol. The fourth-order valence-corrected chi connectivity index (χ4v) is 4.56. The van der Waals surface area contributed by atoms with Gasteiger partial charge >= 0.3 is 0 Å². The zero-order chi connectivity index (χ0) is 20.9. The van der Waals surface area contributed by atoms with E-state index in [2.05, 4.69) is 6.92 Å². The first-order valence-electron chi connectivity index (χ1n) is 10.9. The second-order valence-corrected chi connectivity index (χ2v) is 8.69. The molecule has 0 N–H and O–H groups in total. The topological polar surface area (TPSA) is 18.5 Å². The number of hydrogen-bond acceptors (Lipinski definition) is 2. The largest absolute Gasteiger partial charge is 0.352 e. The smallest absolute Gasteiger partial charge is 0.254 e. The lowest BCUT2D eigenvalue weighted by molar-refractivity contribution is -0.232. The molecule has 0 bridgehead atoms. The maximum atomic E-state index is 14.7. The Morgan fingerprint density at radius 3 is 2.28 bits per heavy atom. The first kappa shape index (κ1) is 22.5. The van der Waals surface area contributed by atoms with Crippen molar-refractivity contribution in [3.63, 3.8) is 0 Å². The second kappa shape index (κ2) is 10.3. The van der Waals surface area contributed by atoms with Gasteiger partial charge in [0.05, 0.1) is 13.2 Å². The third-order valence-corrected chi connectivity index (χ3v) is 6.39. The van der Waals surface area contributed by atoms with Gasteiger partial charge in [0.25, 0.3) is 5.92 Å². The van der Waals surface area contributed by atoms with Crippen LogP contribution < -0.4 is 0 Å². The number of ether oxygens (including phenoxy) is 2. The summed E-state index contributed by atoms with van der Waals surface area (Å²) in [4.78, 5) is 0. The summed E-state index contributed by atoms with van der Waals surface area (Å²) in [5.74, 6) is -5.19. The summed E-state index contributed by atoms with van der Waals surface area (Å²) in [7, 11) is 0. The molecule has 0 radical (unpaired) electrons. The van der Waals surface area contributed by atoms with Crippen LogP contribution in [0.2, 0.25) is 0 Å². The summed E-state index contributed by atoms with van der Waals surface area (Å²) < 4.78 is 67.6. The Hall–Kier alpha value is -1.14. The van der Waals surface area contributed by atoms with E-state index in [0.717, 1.165) is 18.6 Å². The van der Waals surface area contributed by atoms with Gasteiger partial charge in [0, 0.05) is 24.2 Å². The zero-order valence-electron chi connectivity index (χ0n) is 17.1. The number of hydrogen-bond donors (Lipinski definition) is 0. The molecule has 1 heterocycles. The van der Waals surface area contributed by atoms with Crippen molar-refractivity contribution in [2.45, 2.75) is 76.9 Å². The van der Waals surface area contributed by atoms with E-state index in [1.165, 1.54) is 25.3 Å². The molecule has 164 valence electrons. The summed E-state index contributed by atoms with van der Waals surface area (Å²) in [6.45, 7) is 3.57. The summed E-state index contributed by atoms with van der Waals surface area (Å²) >= 11 is 0. The SMILES string of the molecule is CCCCC[C@H]1CO[C@H](C2CCC(C(F)(F)Cc3ccc(F)c(F)c3)CC2)OC1. The van der Waals surface area contributed by atoms with Gasteiger partial charge in [0.1, 0.15) is 0 Å². The first-order valence-corrected chi connectivity index (χ1v) is 10.9. The number of benzene rings is 1. The molecule has 0 atom stereocenters. The lowest BCUT2D eigenvalue weighted by Crippen LogP contribution is -2.41. The van der Waals surface area contributed by atoms with Crippen LogP contribution in [0.25, 0.3) is 0 Å². The van der Waals surface area contributed by atoms with Crippen molar-refractivity contribution in [1.29, 1.82) is 0 Å². The number of alkyl halides is 2. The summed E-state index contributed by atoms with van der Waals surface area (Å²) in [5.41, 5.74) is 0.129. The molecule has 1 saturated carbocycles. The van der Waals surface area contributed by atoms with Crippen LogP contribution in [0.1, 0.15) is 63.9 Å². The maximum Gasteiger partial charge on any atom is 0.254 e. The van der Waals surface area contributed by atoms with Gasteiger partial charge in [-0.15, -0.1) is 0 Å². The molecule has 3 rings (SSSR count). The van der Waals surface area contributed by atoms with E-state index in [-0.39, 0.29) is 17.8 Å². The monoisotopic (exact) mass is 416 g/mol. The van der Waals surface area contributed by atoms with Crippen LogP contribution in [0.3, 0.4) is 0 Å². The van der Waals surface area contributed by atoms with Gasteiger partial charge in [-0.1, -0.05) is 32.3 Å². The molecule has 1 saturated heterocycles. The number of halogens is 4. The molecule has 2 aliphatic rings. The Labute approximate surface area is 171 Å². The van der Waals surface area contributed by atoms with E-state index >= 15 is 0 Å².